The molecule has 0 bridgehead atoms. The van der Waals surface area contributed by atoms with Gasteiger partial charge in [-0.2, -0.15) is 0 Å². The van der Waals surface area contributed by atoms with Crippen LogP contribution in [0.3, 0.4) is 0 Å². The van der Waals surface area contributed by atoms with Crippen LogP contribution >= 0.6 is 0 Å². The lowest BCUT2D eigenvalue weighted by atomic mass is 10.2. The quantitative estimate of drug-likeness (QED) is 0.751. The zero-order chi connectivity index (χ0) is 15.6. The maximum Gasteiger partial charge on any atom is 0.255 e. The van der Waals surface area contributed by atoms with Crippen LogP contribution in [0.25, 0.3) is 11.2 Å². The third-order valence-electron chi connectivity index (χ3n) is 3.95. The molecule has 1 unspecified atom stereocenters. The monoisotopic (exact) mass is 309 g/mol. The Morgan fingerprint density at radius 3 is 3.17 bits per heavy atom. The molecule has 3 aromatic rings. The van der Waals surface area contributed by atoms with E-state index in [1.54, 1.807) is 30.9 Å². The number of anilines is 1. The van der Waals surface area contributed by atoms with Gasteiger partial charge in [-0.15, -0.1) is 0 Å². The highest BCUT2D eigenvalue weighted by Crippen LogP contribution is 2.20. The van der Waals surface area contributed by atoms with E-state index in [4.69, 9.17) is 0 Å². The fourth-order valence-electron chi connectivity index (χ4n) is 2.80. The van der Waals surface area contributed by atoms with Crippen LogP contribution in [0, 0.1) is 0 Å². The van der Waals surface area contributed by atoms with E-state index in [-0.39, 0.29) is 11.9 Å². The molecule has 4 rings (SSSR count). The van der Waals surface area contributed by atoms with Gasteiger partial charge in [-0.05, 0) is 18.6 Å². The molecule has 1 amide bonds. The Morgan fingerprint density at radius 1 is 1.35 bits per heavy atom. The third kappa shape index (κ3) is 2.59. The summed E-state index contributed by atoms with van der Waals surface area (Å²) in [5, 5.41) is 3.37. The molecule has 2 N–H and O–H groups in total. The minimum atomic E-state index is 0.0109. The lowest BCUT2D eigenvalue weighted by Crippen LogP contribution is -2.31. The number of imidazole rings is 1. The van der Waals surface area contributed by atoms with Gasteiger partial charge in [0.05, 0.1) is 11.9 Å². The van der Waals surface area contributed by atoms with Gasteiger partial charge in [-0.25, -0.2) is 15.0 Å². The Kier molecular flexibility index (Phi) is 3.34. The van der Waals surface area contributed by atoms with Crippen LogP contribution in [-0.4, -0.2) is 54.9 Å². The normalized spacial score (nSPS) is 17.6. The number of amides is 1. The first-order chi connectivity index (χ1) is 11.3. The number of nitrogens with zero attached hydrogens (tertiary/aromatic N) is 5. The fraction of sp³-hybridized carbons (Fsp3) is 0.267. The summed E-state index contributed by atoms with van der Waals surface area (Å²) in [5.41, 5.74) is 2.03. The summed E-state index contributed by atoms with van der Waals surface area (Å²) in [6.07, 6.45) is 7.21. The molecule has 4 heterocycles. The van der Waals surface area contributed by atoms with Gasteiger partial charge in [-0.3, -0.25) is 9.78 Å². The van der Waals surface area contributed by atoms with Gasteiger partial charge in [0.1, 0.15) is 11.8 Å². The van der Waals surface area contributed by atoms with Crippen LogP contribution in [0.2, 0.25) is 0 Å². The number of carbonyl (C=O) groups excluding carboxylic acids is 1. The van der Waals surface area contributed by atoms with Crippen molar-refractivity contribution in [3.05, 3.63) is 42.7 Å². The number of hydrogen-bond donors (Lipinski definition) is 2. The maximum absolute atomic E-state index is 12.4. The lowest BCUT2D eigenvalue weighted by Gasteiger charge is -2.17. The lowest BCUT2D eigenvalue weighted by molar-refractivity contribution is 0.0791. The molecule has 0 spiro atoms. The molecule has 1 atom stereocenters. The van der Waals surface area contributed by atoms with Gasteiger partial charge < -0.3 is 15.2 Å². The molecule has 8 nitrogen and oxygen atoms in total. The maximum atomic E-state index is 12.4. The number of hydrogen-bond acceptors (Lipinski definition) is 6. The minimum Gasteiger partial charge on any atom is -0.364 e. The molecule has 1 fully saturated rings. The first kappa shape index (κ1) is 13.6. The van der Waals surface area contributed by atoms with Crippen LogP contribution in [0.15, 0.2) is 37.2 Å². The zero-order valence-corrected chi connectivity index (χ0v) is 12.3. The first-order valence-corrected chi connectivity index (χ1v) is 7.41. The molecule has 116 valence electrons. The van der Waals surface area contributed by atoms with Crippen molar-refractivity contribution in [1.82, 2.24) is 29.8 Å². The molecule has 23 heavy (non-hydrogen) atoms. The topological polar surface area (TPSA) is 99.7 Å². The highest BCUT2D eigenvalue weighted by molar-refractivity contribution is 5.94. The molecule has 0 aromatic carbocycles. The molecule has 8 heteroatoms. The molecular formula is C15H15N7O. The Labute approximate surface area is 132 Å². The summed E-state index contributed by atoms with van der Waals surface area (Å²) in [5.74, 6) is 0.727. The Hall–Kier alpha value is -3.03. The third-order valence-corrected chi connectivity index (χ3v) is 3.95. The van der Waals surface area contributed by atoms with Gasteiger partial charge in [-0.1, -0.05) is 0 Å². The van der Waals surface area contributed by atoms with E-state index in [9.17, 15) is 4.79 Å². The number of H-pyrrole nitrogens is 1. The van der Waals surface area contributed by atoms with Gasteiger partial charge in [0, 0.05) is 31.5 Å². The second-order valence-corrected chi connectivity index (χ2v) is 5.45. The largest absolute Gasteiger partial charge is 0.364 e. The van der Waals surface area contributed by atoms with Gasteiger partial charge >= 0.3 is 0 Å². The Bertz CT molecular complexity index is 832. The molecule has 0 aliphatic carbocycles. The standard InChI is InChI=1S/C15H15N7O/c23-15(10-2-1-4-16-6-10)22-5-3-11(7-22)21-14-12-13(18-8-17-12)19-9-20-14/h1-2,4,6,8-9,11H,3,5,7H2,(H2,17,18,19,20,21). The summed E-state index contributed by atoms with van der Waals surface area (Å²) in [4.78, 5) is 33.8. The van der Waals surface area contributed by atoms with E-state index in [0.29, 0.717) is 30.1 Å². The van der Waals surface area contributed by atoms with E-state index < -0.39 is 0 Å². The smallest absolute Gasteiger partial charge is 0.255 e. The molecule has 1 saturated heterocycles. The van der Waals surface area contributed by atoms with Gasteiger partial charge in [0.2, 0.25) is 0 Å². The average molecular weight is 309 g/mol. The van der Waals surface area contributed by atoms with Crippen molar-refractivity contribution in [3.8, 4) is 0 Å². The second-order valence-electron chi connectivity index (χ2n) is 5.45. The fourth-order valence-corrected chi connectivity index (χ4v) is 2.80. The first-order valence-electron chi connectivity index (χ1n) is 7.41. The van der Waals surface area contributed by atoms with Crippen LogP contribution < -0.4 is 5.32 Å². The summed E-state index contributed by atoms with van der Waals surface area (Å²) >= 11 is 0. The van der Waals surface area contributed by atoms with Crippen LogP contribution in [0.5, 0.6) is 0 Å². The predicted molar refractivity (Wildman–Crippen MR) is 83.9 cm³/mol. The van der Waals surface area contributed by atoms with Crippen molar-refractivity contribution in [3.63, 3.8) is 0 Å². The van der Waals surface area contributed by atoms with Crippen molar-refractivity contribution in [1.29, 1.82) is 0 Å². The number of rotatable bonds is 3. The van der Waals surface area contributed by atoms with E-state index in [2.05, 4.69) is 30.2 Å². The van der Waals surface area contributed by atoms with E-state index in [1.165, 1.54) is 6.33 Å². The second kappa shape index (κ2) is 5.64. The Balaban J connectivity index is 1.47. The molecule has 3 aromatic heterocycles. The van der Waals surface area contributed by atoms with Crippen molar-refractivity contribution < 1.29 is 4.79 Å². The molecule has 1 aliphatic rings. The highest BCUT2D eigenvalue weighted by atomic mass is 16.2. The highest BCUT2D eigenvalue weighted by Gasteiger charge is 2.27. The van der Waals surface area contributed by atoms with Crippen molar-refractivity contribution >= 4 is 22.9 Å². The van der Waals surface area contributed by atoms with E-state index >= 15 is 0 Å². The zero-order valence-electron chi connectivity index (χ0n) is 12.3. The van der Waals surface area contributed by atoms with Crippen molar-refractivity contribution in [2.45, 2.75) is 12.5 Å². The molecular weight excluding hydrogens is 294 g/mol. The SMILES string of the molecule is O=C(c1cccnc1)N1CCC(Nc2ncnc3nc[nH]c23)C1. The van der Waals surface area contributed by atoms with E-state index in [0.717, 1.165) is 11.9 Å². The number of pyridine rings is 1. The summed E-state index contributed by atoms with van der Waals surface area (Å²) in [6.45, 7) is 1.34. The summed E-state index contributed by atoms with van der Waals surface area (Å²) in [6, 6.07) is 3.71. The number of likely N-dealkylation sites (tertiary alicyclic amines) is 1. The molecule has 0 radical (unpaired) electrons. The van der Waals surface area contributed by atoms with Crippen molar-refractivity contribution in [2.24, 2.45) is 0 Å². The van der Waals surface area contributed by atoms with Gasteiger partial charge in [0.25, 0.3) is 5.91 Å². The minimum absolute atomic E-state index is 0.0109. The molecule has 0 saturated carbocycles. The summed E-state index contributed by atoms with van der Waals surface area (Å²) < 4.78 is 0. The van der Waals surface area contributed by atoms with Crippen LogP contribution in [0.4, 0.5) is 5.82 Å². The predicted octanol–water partition coefficient (Wildman–Crippen LogP) is 1.07. The number of nitrogens with one attached hydrogen (secondary N) is 2. The molecule has 1 aliphatic heterocycles. The van der Waals surface area contributed by atoms with Crippen LogP contribution in [-0.2, 0) is 0 Å². The Morgan fingerprint density at radius 2 is 2.30 bits per heavy atom. The number of fused-ring (bicyclic) bond motifs is 1. The van der Waals surface area contributed by atoms with Gasteiger partial charge in [0.15, 0.2) is 11.5 Å². The van der Waals surface area contributed by atoms with Crippen LogP contribution in [0.1, 0.15) is 16.8 Å². The number of carbonyl (C=O) groups is 1. The number of aromatic amines is 1. The summed E-state index contributed by atoms with van der Waals surface area (Å²) in [7, 11) is 0. The average Bonchev–Trinajstić information content (AvgIpc) is 3.25. The van der Waals surface area contributed by atoms with Crippen molar-refractivity contribution in [2.75, 3.05) is 18.4 Å². The number of aromatic nitrogens is 5. The van der Waals surface area contributed by atoms with E-state index in [1.807, 2.05) is 4.90 Å².